The lowest BCUT2D eigenvalue weighted by atomic mass is 9.70. The van der Waals surface area contributed by atoms with E-state index in [1.807, 2.05) is 0 Å². The topological polar surface area (TPSA) is 29.3 Å². The highest BCUT2D eigenvalue weighted by molar-refractivity contribution is 5.01. The number of hydrogen-bond donors (Lipinski definition) is 1. The number of fused-ring (bicyclic) bond motifs is 1. The molecule has 0 aromatic heterocycles. The van der Waals surface area contributed by atoms with E-state index < -0.39 is 0 Å². The summed E-state index contributed by atoms with van der Waals surface area (Å²) in [7, 11) is 0. The Labute approximate surface area is 131 Å². The second-order valence-corrected chi connectivity index (χ2v) is 8.11. The van der Waals surface area contributed by atoms with Gasteiger partial charge in [-0.25, -0.2) is 0 Å². The third kappa shape index (κ3) is 3.17. The summed E-state index contributed by atoms with van der Waals surface area (Å²) >= 11 is 0. The van der Waals surface area contributed by atoms with Crippen LogP contribution in [0.1, 0.15) is 84.0 Å². The maximum Gasteiger partial charge on any atom is 0.0335 e. The van der Waals surface area contributed by atoms with Crippen molar-refractivity contribution in [1.29, 1.82) is 0 Å². The Bertz CT molecular complexity index is 318. The minimum absolute atomic E-state index is 0.366. The van der Waals surface area contributed by atoms with Crippen LogP contribution in [-0.2, 0) is 0 Å². The van der Waals surface area contributed by atoms with Crippen molar-refractivity contribution >= 4 is 0 Å². The molecular formula is C19H36N2. The van der Waals surface area contributed by atoms with Gasteiger partial charge >= 0.3 is 0 Å². The number of likely N-dealkylation sites (tertiary alicyclic amines) is 1. The molecule has 2 heteroatoms. The van der Waals surface area contributed by atoms with Crippen molar-refractivity contribution in [3.8, 4) is 0 Å². The molecule has 3 rings (SSSR count). The second-order valence-electron chi connectivity index (χ2n) is 8.11. The maximum atomic E-state index is 6.37. The van der Waals surface area contributed by atoms with Crippen molar-refractivity contribution in [3.63, 3.8) is 0 Å². The molecule has 1 heterocycles. The van der Waals surface area contributed by atoms with Gasteiger partial charge in [0, 0.05) is 18.1 Å². The number of nitrogens with two attached hydrogens (primary N) is 1. The Morgan fingerprint density at radius 1 is 1.00 bits per heavy atom. The molecule has 1 aliphatic heterocycles. The zero-order valence-corrected chi connectivity index (χ0v) is 14.2. The summed E-state index contributed by atoms with van der Waals surface area (Å²) in [5.74, 6) is 1.98. The lowest BCUT2D eigenvalue weighted by molar-refractivity contribution is -0.0494. The van der Waals surface area contributed by atoms with E-state index in [0.717, 1.165) is 24.4 Å². The Balaban J connectivity index is 1.70. The van der Waals surface area contributed by atoms with Crippen molar-refractivity contribution in [2.45, 2.75) is 95.6 Å². The van der Waals surface area contributed by atoms with Gasteiger partial charge in [-0.05, 0) is 69.7 Å². The van der Waals surface area contributed by atoms with Gasteiger partial charge in [0.2, 0.25) is 0 Å². The molecule has 122 valence electrons. The van der Waals surface area contributed by atoms with Crippen LogP contribution in [0.4, 0.5) is 0 Å². The SMILES string of the molecule is CCCC1CCC(CN)(N2CCC[C@H]3CCCC[C@H]32)CC1. The molecule has 2 aliphatic carbocycles. The first kappa shape index (κ1) is 15.8. The number of hydrogen-bond acceptors (Lipinski definition) is 2. The predicted octanol–water partition coefficient (Wildman–Crippen LogP) is 4.33. The molecule has 0 unspecified atom stereocenters. The third-order valence-corrected chi connectivity index (χ3v) is 6.97. The number of piperidine rings is 1. The number of rotatable bonds is 4. The van der Waals surface area contributed by atoms with Crippen LogP contribution in [-0.4, -0.2) is 29.6 Å². The molecule has 0 radical (unpaired) electrons. The maximum absolute atomic E-state index is 6.37. The fraction of sp³-hybridized carbons (Fsp3) is 1.00. The molecule has 2 N–H and O–H groups in total. The van der Waals surface area contributed by atoms with E-state index >= 15 is 0 Å². The van der Waals surface area contributed by atoms with Crippen LogP contribution in [0.25, 0.3) is 0 Å². The van der Waals surface area contributed by atoms with Crippen molar-refractivity contribution in [1.82, 2.24) is 4.90 Å². The van der Waals surface area contributed by atoms with Crippen LogP contribution in [0.15, 0.2) is 0 Å². The van der Waals surface area contributed by atoms with Crippen LogP contribution >= 0.6 is 0 Å². The summed E-state index contributed by atoms with van der Waals surface area (Å²) in [6.45, 7) is 4.56. The summed E-state index contributed by atoms with van der Waals surface area (Å²) in [5.41, 5.74) is 6.73. The van der Waals surface area contributed by atoms with E-state index in [9.17, 15) is 0 Å². The Morgan fingerprint density at radius 2 is 1.71 bits per heavy atom. The van der Waals surface area contributed by atoms with E-state index in [-0.39, 0.29) is 0 Å². The fourth-order valence-electron chi connectivity index (χ4n) is 5.73. The highest BCUT2D eigenvalue weighted by Gasteiger charge is 2.45. The van der Waals surface area contributed by atoms with Gasteiger partial charge in [0.15, 0.2) is 0 Å². The summed E-state index contributed by atoms with van der Waals surface area (Å²) in [5, 5.41) is 0. The van der Waals surface area contributed by atoms with Gasteiger partial charge in [-0.15, -0.1) is 0 Å². The molecule has 21 heavy (non-hydrogen) atoms. The van der Waals surface area contributed by atoms with Crippen LogP contribution in [0, 0.1) is 11.8 Å². The molecule has 2 atom stereocenters. The van der Waals surface area contributed by atoms with Gasteiger partial charge in [0.25, 0.3) is 0 Å². The highest BCUT2D eigenvalue weighted by atomic mass is 15.2. The van der Waals surface area contributed by atoms with Crippen molar-refractivity contribution in [3.05, 3.63) is 0 Å². The van der Waals surface area contributed by atoms with E-state index in [4.69, 9.17) is 5.73 Å². The van der Waals surface area contributed by atoms with Crippen LogP contribution in [0.5, 0.6) is 0 Å². The Kier molecular flexibility index (Phi) is 5.27. The highest BCUT2D eigenvalue weighted by Crippen LogP contribution is 2.44. The van der Waals surface area contributed by atoms with E-state index in [1.165, 1.54) is 83.6 Å². The van der Waals surface area contributed by atoms with Crippen molar-refractivity contribution in [2.24, 2.45) is 17.6 Å². The van der Waals surface area contributed by atoms with Crippen molar-refractivity contribution < 1.29 is 0 Å². The largest absolute Gasteiger partial charge is 0.329 e. The zero-order chi connectivity index (χ0) is 14.7. The molecule has 3 fully saturated rings. The number of nitrogens with zero attached hydrogens (tertiary/aromatic N) is 1. The molecule has 2 saturated carbocycles. The lowest BCUT2D eigenvalue weighted by Gasteiger charge is -2.56. The van der Waals surface area contributed by atoms with Crippen LogP contribution in [0.2, 0.25) is 0 Å². The molecule has 0 spiro atoms. The molecular weight excluding hydrogens is 256 g/mol. The van der Waals surface area contributed by atoms with Gasteiger partial charge < -0.3 is 5.73 Å². The molecule has 0 bridgehead atoms. The van der Waals surface area contributed by atoms with Gasteiger partial charge in [-0.2, -0.15) is 0 Å². The van der Waals surface area contributed by atoms with E-state index in [1.54, 1.807) is 0 Å². The minimum Gasteiger partial charge on any atom is -0.329 e. The predicted molar refractivity (Wildman–Crippen MR) is 90.3 cm³/mol. The normalized spacial score (nSPS) is 41.7. The monoisotopic (exact) mass is 292 g/mol. The zero-order valence-electron chi connectivity index (χ0n) is 14.2. The molecule has 1 saturated heterocycles. The molecule has 3 aliphatic rings. The quantitative estimate of drug-likeness (QED) is 0.835. The van der Waals surface area contributed by atoms with Crippen molar-refractivity contribution in [2.75, 3.05) is 13.1 Å². The molecule has 0 aromatic carbocycles. The average Bonchev–Trinajstić information content (AvgIpc) is 2.56. The summed E-state index contributed by atoms with van der Waals surface area (Å²) in [6, 6.07) is 0.874. The molecule has 0 amide bonds. The second kappa shape index (κ2) is 7.00. The Hall–Kier alpha value is -0.0800. The van der Waals surface area contributed by atoms with E-state index in [2.05, 4.69) is 11.8 Å². The molecule has 0 aromatic rings. The van der Waals surface area contributed by atoms with Gasteiger partial charge in [-0.3, -0.25) is 4.90 Å². The van der Waals surface area contributed by atoms with Gasteiger partial charge in [0.1, 0.15) is 0 Å². The smallest absolute Gasteiger partial charge is 0.0335 e. The van der Waals surface area contributed by atoms with Gasteiger partial charge in [0.05, 0.1) is 0 Å². The first-order valence-corrected chi connectivity index (χ1v) is 9.76. The van der Waals surface area contributed by atoms with E-state index in [0.29, 0.717) is 5.54 Å². The average molecular weight is 293 g/mol. The van der Waals surface area contributed by atoms with Gasteiger partial charge in [-0.1, -0.05) is 32.6 Å². The summed E-state index contributed by atoms with van der Waals surface area (Å²) in [4.78, 5) is 2.93. The lowest BCUT2D eigenvalue weighted by Crippen LogP contribution is -2.63. The summed E-state index contributed by atoms with van der Waals surface area (Å²) < 4.78 is 0. The van der Waals surface area contributed by atoms with Crippen LogP contribution in [0.3, 0.4) is 0 Å². The third-order valence-electron chi connectivity index (χ3n) is 6.97. The first-order chi connectivity index (χ1) is 10.3. The summed E-state index contributed by atoms with van der Waals surface area (Å²) in [6.07, 6.45) is 17.2. The van der Waals surface area contributed by atoms with Crippen LogP contribution < -0.4 is 5.73 Å². The Morgan fingerprint density at radius 3 is 2.43 bits per heavy atom. The minimum atomic E-state index is 0.366. The first-order valence-electron chi connectivity index (χ1n) is 9.76. The molecule has 2 nitrogen and oxygen atoms in total. The standard InChI is InChI=1S/C19H36N2/c1-2-6-16-10-12-19(15-20,13-11-16)21-14-5-8-17-7-3-4-9-18(17)21/h16-18H,2-15,20H2,1H3/t16?,17-,18-,19?/m1/s1. The fourth-order valence-corrected chi connectivity index (χ4v) is 5.73.